The van der Waals surface area contributed by atoms with Crippen LogP contribution in [0.15, 0.2) is 24.7 Å². The van der Waals surface area contributed by atoms with Crippen LogP contribution in [0, 0.1) is 0 Å². The maximum Gasteiger partial charge on any atom is 0.339 e. The molecule has 0 fully saturated rings. The number of hydrogen-bond donors (Lipinski definition) is 1. The van der Waals surface area contributed by atoms with Gasteiger partial charge in [0, 0.05) is 19.8 Å². The first-order valence-corrected chi connectivity index (χ1v) is 5.78. The van der Waals surface area contributed by atoms with Gasteiger partial charge in [-0.1, -0.05) is 0 Å². The van der Waals surface area contributed by atoms with Gasteiger partial charge in [-0.2, -0.15) is 0 Å². The van der Waals surface area contributed by atoms with Gasteiger partial charge in [0.2, 0.25) is 0 Å². The van der Waals surface area contributed by atoms with Crippen molar-refractivity contribution in [3.63, 3.8) is 0 Å². The first-order valence-electron chi connectivity index (χ1n) is 5.78. The summed E-state index contributed by atoms with van der Waals surface area (Å²) in [6.07, 6.45) is 3.28. The fourth-order valence-electron chi connectivity index (χ4n) is 1.63. The Hall–Kier alpha value is -2.28. The number of rotatable bonds is 5. The number of pyridine rings is 1. The summed E-state index contributed by atoms with van der Waals surface area (Å²) in [7, 11) is 3.23. The molecular weight excluding hydrogens is 246 g/mol. The van der Waals surface area contributed by atoms with E-state index in [0.717, 1.165) is 5.82 Å². The van der Waals surface area contributed by atoms with E-state index >= 15 is 0 Å². The predicted octanol–water partition coefficient (Wildman–Crippen LogP) is 0.286. The molecular formula is C12H15N5O2. The van der Waals surface area contributed by atoms with Gasteiger partial charge in [0.15, 0.2) is 0 Å². The number of esters is 1. The minimum Gasteiger partial charge on any atom is -0.465 e. The highest BCUT2D eigenvalue weighted by Crippen LogP contribution is 2.07. The molecule has 0 amide bonds. The number of methoxy groups -OCH3 is 1. The first kappa shape index (κ1) is 13.2. The molecule has 0 aromatic carbocycles. The molecule has 2 aromatic rings. The van der Waals surface area contributed by atoms with Gasteiger partial charge in [0.25, 0.3) is 0 Å². The van der Waals surface area contributed by atoms with Crippen molar-refractivity contribution in [3.8, 4) is 0 Å². The Morgan fingerprint density at radius 2 is 2.32 bits per heavy atom. The van der Waals surface area contributed by atoms with E-state index in [-0.39, 0.29) is 5.97 Å². The number of carbonyl (C=O) groups is 1. The average molecular weight is 261 g/mol. The minimum atomic E-state index is -0.386. The van der Waals surface area contributed by atoms with Crippen molar-refractivity contribution in [3.05, 3.63) is 41.7 Å². The van der Waals surface area contributed by atoms with Crippen LogP contribution in [0.2, 0.25) is 0 Å². The molecule has 2 heterocycles. The SMILES string of the molecule is COC(=O)c1cccnc1CNCc1nncn1C. The largest absolute Gasteiger partial charge is 0.465 e. The highest BCUT2D eigenvalue weighted by atomic mass is 16.5. The third kappa shape index (κ3) is 3.14. The van der Waals surface area contributed by atoms with Gasteiger partial charge < -0.3 is 14.6 Å². The number of nitrogens with one attached hydrogen (secondary N) is 1. The average Bonchev–Trinajstić information content (AvgIpc) is 2.84. The number of ether oxygens (including phenoxy) is 1. The van der Waals surface area contributed by atoms with Gasteiger partial charge in [-0.05, 0) is 12.1 Å². The molecule has 0 spiro atoms. The zero-order chi connectivity index (χ0) is 13.7. The minimum absolute atomic E-state index is 0.386. The van der Waals surface area contributed by atoms with Gasteiger partial charge in [-0.25, -0.2) is 4.79 Å². The molecule has 2 aromatic heterocycles. The molecule has 2 rings (SSSR count). The molecule has 0 bridgehead atoms. The Kier molecular flexibility index (Phi) is 4.19. The molecule has 0 saturated heterocycles. The summed E-state index contributed by atoms with van der Waals surface area (Å²) in [4.78, 5) is 15.7. The van der Waals surface area contributed by atoms with E-state index in [1.165, 1.54) is 7.11 Å². The molecule has 1 N–H and O–H groups in total. The second-order valence-corrected chi connectivity index (χ2v) is 3.95. The maximum absolute atomic E-state index is 11.6. The van der Waals surface area contributed by atoms with Gasteiger partial charge in [0.1, 0.15) is 12.2 Å². The molecule has 7 heteroatoms. The van der Waals surface area contributed by atoms with Crippen molar-refractivity contribution in [2.45, 2.75) is 13.1 Å². The molecule has 0 unspecified atom stereocenters. The number of carbonyl (C=O) groups excluding carboxylic acids is 1. The van der Waals surface area contributed by atoms with E-state index in [2.05, 4.69) is 20.5 Å². The lowest BCUT2D eigenvalue weighted by atomic mass is 10.2. The van der Waals surface area contributed by atoms with Gasteiger partial charge in [-0.3, -0.25) is 4.98 Å². The highest BCUT2D eigenvalue weighted by Gasteiger charge is 2.12. The topological polar surface area (TPSA) is 81.9 Å². The van der Waals surface area contributed by atoms with E-state index < -0.39 is 0 Å². The summed E-state index contributed by atoms with van der Waals surface area (Å²) in [6, 6.07) is 3.40. The molecule has 0 atom stereocenters. The van der Waals surface area contributed by atoms with Crippen molar-refractivity contribution in [1.82, 2.24) is 25.1 Å². The van der Waals surface area contributed by atoms with E-state index in [1.807, 2.05) is 11.6 Å². The lowest BCUT2D eigenvalue weighted by molar-refractivity contribution is 0.0598. The molecule has 0 aliphatic heterocycles. The van der Waals surface area contributed by atoms with Crippen LogP contribution in [0.4, 0.5) is 0 Å². The lowest BCUT2D eigenvalue weighted by Crippen LogP contribution is -2.19. The Balaban J connectivity index is 2.00. The Morgan fingerprint density at radius 3 is 3.00 bits per heavy atom. The molecule has 7 nitrogen and oxygen atoms in total. The molecule has 0 saturated carbocycles. The van der Waals surface area contributed by atoms with Gasteiger partial charge in [-0.15, -0.1) is 10.2 Å². The van der Waals surface area contributed by atoms with Crippen molar-refractivity contribution in [2.75, 3.05) is 7.11 Å². The maximum atomic E-state index is 11.6. The lowest BCUT2D eigenvalue weighted by Gasteiger charge is -2.07. The van der Waals surface area contributed by atoms with Gasteiger partial charge >= 0.3 is 5.97 Å². The van der Waals surface area contributed by atoms with E-state index in [0.29, 0.717) is 24.3 Å². The second kappa shape index (κ2) is 6.05. The van der Waals surface area contributed by atoms with E-state index in [1.54, 1.807) is 24.7 Å². The quantitative estimate of drug-likeness (QED) is 0.779. The summed E-state index contributed by atoms with van der Waals surface area (Å²) >= 11 is 0. The number of hydrogen-bond acceptors (Lipinski definition) is 6. The zero-order valence-corrected chi connectivity index (χ0v) is 10.8. The van der Waals surface area contributed by atoms with Crippen molar-refractivity contribution in [2.24, 2.45) is 7.05 Å². The Bertz CT molecular complexity index is 567. The van der Waals surface area contributed by atoms with Crippen LogP contribution in [0.5, 0.6) is 0 Å². The summed E-state index contributed by atoms with van der Waals surface area (Å²) in [5, 5.41) is 10.9. The highest BCUT2D eigenvalue weighted by molar-refractivity contribution is 5.90. The van der Waals surface area contributed by atoms with Crippen LogP contribution in [0.1, 0.15) is 21.9 Å². The Morgan fingerprint density at radius 1 is 1.47 bits per heavy atom. The zero-order valence-electron chi connectivity index (χ0n) is 10.8. The summed E-state index contributed by atoms with van der Waals surface area (Å²) in [6.45, 7) is 1.01. The summed E-state index contributed by atoms with van der Waals surface area (Å²) in [5.74, 6) is 0.430. The summed E-state index contributed by atoms with van der Waals surface area (Å²) < 4.78 is 6.54. The van der Waals surface area contributed by atoms with Crippen molar-refractivity contribution >= 4 is 5.97 Å². The molecule has 0 aliphatic rings. The number of aromatic nitrogens is 4. The van der Waals surface area contributed by atoms with Gasteiger partial charge in [0.05, 0.1) is 24.9 Å². The normalized spacial score (nSPS) is 10.4. The molecule has 100 valence electrons. The predicted molar refractivity (Wildman–Crippen MR) is 67.1 cm³/mol. The standard InChI is InChI=1S/C12H15N5O2/c1-17-8-15-16-11(17)7-13-6-10-9(12(18)19-2)4-3-5-14-10/h3-5,8,13H,6-7H2,1-2H3. The van der Waals surface area contributed by atoms with E-state index in [9.17, 15) is 4.79 Å². The second-order valence-electron chi connectivity index (χ2n) is 3.95. The molecule has 0 radical (unpaired) electrons. The van der Waals surface area contributed by atoms with Crippen LogP contribution in [0.25, 0.3) is 0 Å². The molecule has 19 heavy (non-hydrogen) atoms. The number of nitrogens with zero attached hydrogens (tertiary/aromatic N) is 4. The third-order valence-corrected chi connectivity index (χ3v) is 2.68. The summed E-state index contributed by atoms with van der Waals surface area (Å²) in [5.41, 5.74) is 1.12. The third-order valence-electron chi connectivity index (χ3n) is 2.68. The van der Waals surface area contributed by atoms with Crippen molar-refractivity contribution in [1.29, 1.82) is 0 Å². The monoisotopic (exact) mass is 261 g/mol. The van der Waals surface area contributed by atoms with E-state index in [4.69, 9.17) is 4.74 Å². The fraction of sp³-hybridized carbons (Fsp3) is 0.333. The van der Waals surface area contributed by atoms with Crippen LogP contribution >= 0.6 is 0 Å². The smallest absolute Gasteiger partial charge is 0.339 e. The van der Waals surface area contributed by atoms with Crippen LogP contribution in [-0.2, 0) is 24.9 Å². The van der Waals surface area contributed by atoms with Crippen LogP contribution in [0.3, 0.4) is 0 Å². The van der Waals surface area contributed by atoms with Crippen LogP contribution in [-0.4, -0.2) is 32.8 Å². The molecule has 0 aliphatic carbocycles. The Labute approximate surface area is 110 Å². The first-order chi connectivity index (χ1) is 9.22. The van der Waals surface area contributed by atoms with Crippen molar-refractivity contribution < 1.29 is 9.53 Å². The van der Waals surface area contributed by atoms with Crippen LogP contribution < -0.4 is 5.32 Å². The number of aryl methyl sites for hydroxylation is 1. The fourth-order valence-corrected chi connectivity index (χ4v) is 1.63.